The molecule has 0 aliphatic heterocycles. The minimum Gasteiger partial charge on any atom is -0.495 e. The van der Waals surface area contributed by atoms with Gasteiger partial charge in [-0.25, -0.2) is 5.43 Å². The van der Waals surface area contributed by atoms with Crippen molar-refractivity contribution in [2.24, 2.45) is 5.10 Å². The molecule has 0 radical (unpaired) electrons. The van der Waals surface area contributed by atoms with Gasteiger partial charge in [0, 0.05) is 6.54 Å². The molecule has 0 aliphatic carbocycles. The lowest BCUT2D eigenvalue weighted by molar-refractivity contribution is -0.123. The number of hydrazone groups is 1. The van der Waals surface area contributed by atoms with Gasteiger partial charge in [0.05, 0.1) is 32.7 Å². The molecule has 2 aromatic carbocycles. The van der Waals surface area contributed by atoms with Crippen LogP contribution in [0.2, 0.25) is 0 Å². The summed E-state index contributed by atoms with van der Waals surface area (Å²) in [5.74, 6) is 1.01. The molecule has 30 heavy (non-hydrogen) atoms. The van der Waals surface area contributed by atoms with E-state index >= 15 is 0 Å². The lowest BCUT2D eigenvalue weighted by Crippen LogP contribution is -2.28. The van der Waals surface area contributed by atoms with Crippen LogP contribution < -0.4 is 30.3 Å². The van der Waals surface area contributed by atoms with Crippen LogP contribution in [0.1, 0.15) is 12.5 Å². The number of anilines is 1. The highest BCUT2D eigenvalue weighted by molar-refractivity contribution is 5.85. The van der Waals surface area contributed by atoms with Crippen LogP contribution in [-0.4, -0.2) is 51.9 Å². The number of hydrogen-bond acceptors (Lipinski definition) is 7. The summed E-state index contributed by atoms with van der Waals surface area (Å²) >= 11 is 0. The van der Waals surface area contributed by atoms with E-state index in [-0.39, 0.29) is 25.0 Å². The number of hydrogen-bond donors (Lipinski definition) is 3. The lowest BCUT2D eigenvalue weighted by Gasteiger charge is -2.11. The monoisotopic (exact) mass is 414 g/mol. The maximum Gasteiger partial charge on any atom is 0.259 e. The Kier molecular flexibility index (Phi) is 8.98. The minimum absolute atomic E-state index is 0.0354. The van der Waals surface area contributed by atoms with Crippen LogP contribution in [0.3, 0.4) is 0 Å². The minimum atomic E-state index is -0.314. The number of methoxy groups -OCH3 is 2. The van der Waals surface area contributed by atoms with Gasteiger partial charge in [-0.15, -0.1) is 0 Å². The Morgan fingerprint density at radius 3 is 2.50 bits per heavy atom. The summed E-state index contributed by atoms with van der Waals surface area (Å²) in [6, 6.07) is 12.4. The maximum absolute atomic E-state index is 12.0. The van der Waals surface area contributed by atoms with E-state index in [2.05, 4.69) is 21.2 Å². The molecule has 2 aromatic rings. The largest absolute Gasteiger partial charge is 0.495 e. The number of rotatable bonds is 11. The molecule has 0 spiro atoms. The van der Waals surface area contributed by atoms with Gasteiger partial charge in [-0.05, 0) is 42.8 Å². The third-order valence-corrected chi connectivity index (χ3v) is 3.87. The van der Waals surface area contributed by atoms with E-state index in [0.29, 0.717) is 35.0 Å². The van der Waals surface area contributed by atoms with Crippen LogP contribution in [0.4, 0.5) is 5.69 Å². The van der Waals surface area contributed by atoms with Crippen LogP contribution in [0, 0.1) is 0 Å². The van der Waals surface area contributed by atoms with Crippen molar-refractivity contribution in [1.82, 2.24) is 10.7 Å². The van der Waals surface area contributed by atoms with Crippen molar-refractivity contribution in [3.63, 3.8) is 0 Å². The molecule has 3 N–H and O–H groups in total. The fourth-order valence-electron chi connectivity index (χ4n) is 2.46. The molecule has 160 valence electrons. The maximum atomic E-state index is 12.0. The van der Waals surface area contributed by atoms with Gasteiger partial charge in [0.1, 0.15) is 5.75 Å². The van der Waals surface area contributed by atoms with Gasteiger partial charge in [0.25, 0.3) is 11.8 Å². The van der Waals surface area contributed by atoms with E-state index in [9.17, 15) is 9.59 Å². The molecule has 0 saturated heterocycles. The third kappa shape index (κ3) is 7.01. The fourth-order valence-corrected chi connectivity index (χ4v) is 2.46. The molecule has 0 aliphatic rings. The molecule has 0 saturated carbocycles. The highest BCUT2D eigenvalue weighted by Crippen LogP contribution is 2.27. The van der Waals surface area contributed by atoms with Crippen LogP contribution in [0.15, 0.2) is 47.6 Å². The van der Waals surface area contributed by atoms with Gasteiger partial charge in [-0.2, -0.15) is 5.10 Å². The number of nitrogens with zero attached hydrogens (tertiary/aromatic N) is 1. The molecular weight excluding hydrogens is 388 g/mol. The zero-order chi connectivity index (χ0) is 21.8. The third-order valence-electron chi connectivity index (χ3n) is 3.87. The van der Waals surface area contributed by atoms with Crippen molar-refractivity contribution in [3.05, 3.63) is 48.0 Å². The zero-order valence-corrected chi connectivity index (χ0v) is 17.2. The number of para-hydroxylation sites is 2. The summed E-state index contributed by atoms with van der Waals surface area (Å²) in [6.45, 7) is 2.30. The summed E-state index contributed by atoms with van der Waals surface area (Å²) in [5.41, 5.74) is 3.85. The number of amides is 2. The topological polar surface area (TPSA) is 110 Å². The van der Waals surface area contributed by atoms with Crippen molar-refractivity contribution in [1.29, 1.82) is 0 Å². The second kappa shape index (κ2) is 11.9. The van der Waals surface area contributed by atoms with Crippen molar-refractivity contribution < 1.29 is 23.8 Å². The Hall–Kier alpha value is -3.75. The van der Waals surface area contributed by atoms with Crippen molar-refractivity contribution in [2.75, 3.05) is 39.2 Å². The average molecular weight is 414 g/mol. The number of likely N-dealkylation sites (N-methyl/N-ethyl adjacent to an activating group) is 1. The molecule has 9 nitrogen and oxygen atoms in total. The molecular formula is C21H26N4O5. The standard InChI is InChI=1S/C21H26N4O5/c1-4-22-21(27)14-30-18-10-9-15(11-19(18)29-3)12-24-25-20(26)13-23-16-7-5-6-8-17(16)28-2/h5-12,23H,4,13-14H2,1-3H3,(H,22,27)(H,25,26)/b24-12-. The average Bonchev–Trinajstić information content (AvgIpc) is 2.77. The number of benzene rings is 2. The van der Waals surface area contributed by atoms with E-state index in [1.807, 2.05) is 25.1 Å². The van der Waals surface area contributed by atoms with Gasteiger partial charge in [0.2, 0.25) is 0 Å². The second-order valence-electron chi connectivity index (χ2n) is 6.00. The molecule has 2 rings (SSSR count). The zero-order valence-electron chi connectivity index (χ0n) is 17.2. The first-order valence-electron chi connectivity index (χ1n) is 9.33. The first-order valence-corrected chi connectivity index (χ1v) is 9.33. The summed E-state index contributed by atoms with van der Waals surface area (Å²) in [7, 11) is 3.07. The fraction of sp³-hybridized carbons (Fsp3) is 0.286. The molecule has 0 aromatic heterocycles. The first-order chi connectivity index (χ1) is 14.6. The van der Waals surface area contributed by atoms with Crippen LogP contribution in [0.25, 0.3) is 0 Å². The Bertz CT molecular complexity index is 885. The van der Waals surface area contributed by atoms with Gasteiger partial charge in [-0.1, -0.05) is 12.1 Å². The Labute approximate surface area is 175 Å². The van der Waals surface area contributed by atoms with E-state index in [1.54, 1.807) is 31.4 Å². The molecule has 0 atom stereocenters. The van der Waals surface area contributed by atoms with Crippen LogP contribution in [-0.2, 0) is 9.59 Å². The van der Waals surface area contributed by atoms with E-state index in [0.717, 1.165) is 0 Å². The Morgan fingerprint density at radius 1 is 1.00 bits per heavy atom. The number of carbonyl (C=O) groups is 2. The molecule has 0 bridgehead atoms. The smallest absolute Gasteiger partial charge is 0.259 e. The summed E-state index contributed by atoms with van der Waals surface area (Å²) in [5, 5.41) is 9.59. The molecule has 0 unspecified atom stereocenters. The molecule has 0 fully saturated rings. The number of carbonyl (C=O) groups excluding carboxylic acids is 2. The Balaban J connectivity index is 1.87. The van der Waals surface area contributed by atoms with E-state index < -0.39 is 0 Å². The summed E-state index contributed by atoms with van der Waals surface area (Å²) in [6.07, 6.45) is 1.48. The Morgan fingerprint density at radius 2 is 1.77 bits per heavy atom. The highest BCUT2D eigenvalue weighted by Gasteiger charge is 2.08. The SMILES string of the molecule is CCNC(=O)COc1ccc(/C=N\NC(=O)CNc2ccccc2OC)cc1OC. The van der Waals surface area contributed by atoms with Crippen molar-refractivity contribution in [3.8, 4) is 17.2 Å². The van der Waals surface area contributed by atoms with Gasteiger partial charge in [-0.3, -0.25) is 9.59 Å². The molecule has 2 amide bonds. The summed E-state index contributed by atoms with van der Waals surface area (Å²) < 4.78 is 16.0. The quantitative estimate of drug-likeness (QED) is 0.382. The van der Waals surface area contributed by atoms with Crippen LogP contribution in [0.5, 0.6) is 17.2 Å². The lowest BCUT2D eigenvalue weighted by atomic mass is 10.2. The summed E-state index contributed by atoms with van der Waals surface area (Å²) in [4.78, 5) is 23.5. The van der Waals surface area contributed by atoms with Gasteiger partial charge in [0.15, 0.2) is 18.1 Å². The number of nitrogens with one attached hydrogen (secondary N) is 3. The van der Waals surface area contributed by atoms with Gasteiger partial charge >= 0.3 is 0 Å². The predicted octanol–water partition coefficient (Wildman–Crippen LogP) is 1.78. The predicted molar refractivity (Wildman–Crippen MR) is 114 cm³/mol. The molecule has 0 heterocycles. The van der Waals surface area contributed by atoms with Crippen LogP contribution >= 0.6 is 0 Å². The van der Waals surface area contributed by atoms with Gasteiger partial charge < -0.3 is 24.8 Å². The first kappa shape index (κ1) is 22.5. The van der Waals surface area contributed by atoms with Crippen molar-refractivity contribution >= 4 is 23.7 Å². The highest BCUT2D eigenvalue weighted by atomic mass is 16.5. The number of ether oxygens (including phenoxy) is 3. The molecule has 9 heteroatoms. The normalized spacial score (nSPS) is 10.4. The van der Waals surface area contributed by atoms with E-state index in [4.69, 9.17) is 14.2 Å². The second-order valence-corrected chi connectivity index (χ2v) is 6.00. The van der Waals surface area contributed by atoms with E-state index in [1.165, 1.54) is 13.3 Å². The van der Waals surface area contributed by atoms with Crippen molar-refractivity contribution in [2.45, 2.75) is 6.92 Å².